The van der Waals surface area contributed by atoms with E-state index in [2.05, 4.69) is 11.1 Å². The Bertz CT molecular complexity index is 1480. The molecule has 4 aromatic rings. The molecule has 9 nitrogen and oxygen atoms in total. The quantitative estimate of drug-likeness (QED) is 0.407. The molecule has 1 atom stereocenters. The van der Waals surface area contributed by atoms with Crippen LogP contribution in [0.1, 0.15) is 42.3 Å². The van der Waals surface area contributed by atoms with Gasteiger partial charge in [-0.25, -0.2) is 9.78 Å². The Morgan fingerprint density at radius 2 is 2.03 bits per heavy atom. The molecule has 9 heteroatoms. The lowest BCUT2D eigenvalue weighted by Crippen LogP contribution is -2.27. The van der Waals surface area contributed by atoms with E-state index in [9.17, 15) is 20.0 Å². The maximum atomic E-state index is 12.1. The van der Waals surface area contributed by atoms with E-state index in [-0.39, 0.29) is 12.8 Å². The number of benzene rings is 2. The summed E-state index contributed by atoms with van der Waals surface area (Å²) in [5, 5.41) is 19.6. The van der Waals surface area contributed by atoms with Gasteiger partial charge in [0.05, 0.1) is 36.8 Å². The lowest BCUT2D eigenvalue weighted by molar-refractivity contribution is -0.141. The van der Waals surface area contributed by atoms with Crippen molar-refractivity contribution < 1.29 is 28.6 Å². The molecule has 0 saturated carbocycles. The number of aromatic nitrogens is 2. The Labute approximate surface area is 195 Å². The number of rotatable bonds is 6. The van der Waals surface area contributed by atoms with Crippen molar-refractivity contribution in [3.05, 3.63) is 59.1 Å². The molecule has 2 heterocycles. The summed E-state index contributed by atoms with van der Waals surface area (Å²) in [6, 6.07) is 10.5. The fourth-order valence-corrected chi connectivity index (χ4v) is 4.42. The predicted molar refractivity (Wildman–Crippen MR) is 123 cm³/mol. The number of fused-ring (bicyclic) bond motifs is 2. The van der Waals surface area contributed by atoms with Gasteiger partial charge in [0.2, 0.25) is 5.89 Å². The molecule has 4 rings (SSSR count). The van der Waals surface area contributed by atoms with Crippen LogP contribution in [0.25, 0.3) is 22.0 Å². The SMILES string of the molecule is COC(=O)CCC(C)(c1nc2cc(C#N)ccc2o1)c1c(OC)cc(C)c2c1ccn2C(=O)O. The first-order chi connectivity index (χ1) is 16.2. The van der Waals surface area contributed by atoms with Crippen molar-refractivity contribution in [3.8, 4) is 11.8 Å². The smallest absolute Gasteiger partial charge is 0.416 e. The molecule has 1 N–H and O–H groups in total. The molecule has 174 valence electrons. The zero-order chi connectivity index (χ0) is 24.6. The van der Waals surface area contributed by atoms with E-state index in [1.54, 1.807) is 30.3 Å². The number of nitriles is 1. The highest BCUT2D eigenvalue weighted by Crippen LogP contribution is 2.46. The number of methoxy groups -OCH3 is 2. The first kappa shape index (κ1) is 22.9. The molecule has 0 spiro atoms. The molecule has 0 saturated heterocycles. The molecule has 2 aromatic carbocycles. The lowest BCUT2D eigenvalue weighted by Gasteiger charge is -2.29. The third-order valence-electron chi connectivity index (χ3n) is 6.15. The Balaban J connectivity index is 2.03. The van der Waals surface area contributed by atoms with Gasteiger partial charge in [-0.1, -0.05) is 0 Å². The van der Waals surface area contributed by atoms with Gasteiger partial charge < -0.3 is 19.0 Å². The summed E-state index contributed by atoms with van der Waals surface area (Å²) in [7, 11) is 2.85. The van der Waals surface area contributed by atoms with Gasteiger partial charge >= 0.3 is 12.1 Å². The Morgan fingerprint density at radius 3 is 2.68 bits per heavy atom. The second-order valence-corrected chi connectivity index (χ2v) is 8.22. The van der Waals surface area contributed by atoms with Crippen molar-refractivity contribution in [2.75, 3.05) is 14.2 Å². The molecular formula is C25H23N3O6. The number of carboxylic acid groups (broad SMARTS) is 1. The van der Waals surface area contributed by atoms with Crippen LogP contribution in [0.3, 0.4) is 0 Å². The fraction of sp³-hybridized carbons (Fsp3) is 0.280. The van der Waals surface area contributed by atoms with Crippen molar-refractivity contribution in [2.45, 2.75) is 32.1 Å². The van der Waals surface area contributed by atoms with Crippen molar-refractivity contribution >= 4 is 34.1 Å². The van der Waals surface area contributed by atoms with Gasteiger partial charge in [-0.15, -0.1) is 0 Å². The number of oxazole rings is 1. The Hall–Kier alpha value is -4.32. The number of nitrogens with zero attached hydrogens (tertiary/aromatic N) is 3. The third-order valence-corrected chi connectivity index (χ3v) is 6.15. The number of carbonyl (C=O) groups is 2. The molecule has 0 fully saturated rings. The first-order valence-corrected chi connectivity index (χ1v) is 10.5. The number of aryl methyl sites for hydroxylation is 1. The number of hydrogen-bond acceptors (Lipinski definition) is 7. The van der Waals surface area contributed by atoms with Crippen LogP contribution in [-0.2, 0) is 14.9 Å². The van der Waals surface area contributed by atoms with Crippen molar-refractivity contribution in [1.29, 1.82) is 5.26 Å². The van der Waals surface area contributed by atoms with E-state index >= 15 is 0 Å². The fourth-order valence-electron chi connectivity index (χ4n) is 4.42. The van der Waals surface area contributed by atoms with Gasteiger partial charge in [-0.05, 0) is 56.2 Å². The van der Waals surface area contributed by atoms with E-state index < -0.39 is 17.5 Å². The van der Waals surface area contributed by atoms with Crippen molar-refractivity contribution in [2.24, 2.45) is 0 Å². The van der Waals surface area contributed by atoms with E-state index in [1.807, 2.05) is 13.8 Å². The molecule has 0 bridgehead atoms. The van der Waals surface area contributed by atoms with Crippen molar-refractivity contribution in [3.63, 3.8) is 0 Å². The Kier molecular flexibility index (Phi) is 5.75. The predicted octanol–water partition coefficient (Wildman–Crippen LogP) is 4.76. The summed E-state index contributed by atoms with van der Waals surface area (Å²) < 4.78 is 17.9. The van der Waals surface area contributed by atoms with E-state index in [0.29, 0.717) is 44.8 Å². The third kappa shape index (κ3) is 3.63. The number of carbonyl (C=O) groups excluding carboxylic acids is 1. The Morgan fingerprint density at radius 1 is 1.26 bits per heavy atom. The highest BCUT2D eigenvalue weighted by molar-refractivity contribution is 5.95. The highest BCUT2D eigenvalue weighted by atomic mass is 16.5. The topological polar surface area (TPSA) is 128 Å². The summed E-state index contributed by atoms with van der Waals surface area (Å²) in [6.45, 7) is 3.68. The average molecular weight is 461 g/mol. The summed E-state index contributed by atoms with van der Waals surface area (Å²) in [5.74, 6) is 0.424. The second kappa shape index (κ2) is 8.56. The zero-order valence-electron chi connectivity index (χ0n) is 19.2. The second-order valence-electron chi connectivity index (χ2n) is 8.22. The minimum atomic E-state index is -1.11. The van der Waals surface area contributed by atoms with E-state index in [1.165, 1.54) is 20.4 Å². The van der Waals surface area contributed by atoms with Crippen LogP contribution in [0.5, 0.6) is 5.75 Å². The highest BCUT2D eigenvalue weighted by Gasteiger charge is 2.40. The van der Waals surface area contributed by atoms with Crippen molar-refractivity contribution in [1.82, 2.24) is 9.55 Å². The van der Waals surface area contributed by atoms with Gasteiger partial charge in [-0.3, -0.25) is 9.36 Å². The molecule has 2 aromatic heterocycles. The van der Waals surface area contributed by atoms with Crippen LogP contribution >= 0.6 is 0 Å². The minimum absolute atomic E-state index is 0.0628. The largest absolute Gasteiger partial charge is 0.496 e. The van der Waals surface area contributed by atoms with Gasteiger partial charge in [0.1, 0.15) is 11.3 Å². The number of hydrogen-bond donors (Lipinski definition) is 1. The van der Waals surface area contributed by atoms with Gasteiger partial charge in [0.25, 0.3) is 0 Å². The molecular weight excluding hydrogens is 438 g/mol. The summed E-state index contributed by atoms with van der Waals surface area (Å²) >= 11 is 0. The first-order valence-electron chi connectivity index (χ1n) is 10.5. The van der Waals surface area contributed by atoms with Crippen LogP contribution in [-0.4, -0.2) is 40.9 Å². The van der Waals surface area contributed by atoms with E-state index in [4.69, 9.17) is 13.9 Å². The molecule has 0 amide bonds. The summed E-state index contributed by atoms with van der Waals surface area (Å²) in [6.07, 6.45) is 0.684. The van der Waals surface area contributed by atoms with Crippen LogP contribution in [0.4, 0.5) is 4.79 Å². The van der Waals surface area contributed by atoms with Crippen LogP contribution in [0.2, 0.25) is 0 Å². The van der Waals surface area contributed by atoms with Gasteiger partial charge in [0.15, 0.2) is 5.58 Å². The zero-order valence-corrected chi connectivity index (χ0v) is 19.2. The molecule has 34 heavy (non-hydrogen) atoms. The van der Waals surface area contributed by atoms with Crippen LogP contribution in [0, 0.1) is 18.3 Å². The standard InChI is InChI=1S/C25H23N3O6/c1-14-11-19(32-3)21(16-8-10-28(22(14)16)24(30)31)25(2,9-7-20(29)33-4)23-27-17-12-15(13-26)5-6-18(17)34-23/h5-6,8,10-12H,7,9H2,1-4H3,(H,30,31). The van der Waals surface area contributed by atoms with Gasteiger partial charge in [0, 0.05) is 23.6 Å². The van der Waals surface area contributed by atoms with Crippen LogP contribution < -0.4 is 4.74 Å². The van der Waals surface area contributed by atoms with Crippen LogP contribution in [0.15, 0.2) is 40.9 Å². The molecule has 0 radical (unpaired) electrons. The minimum Gasteiger partial charge on any atom is -0.496 e. The van der Waals surface area contributed by atoms with Gasteiger partial charge in [-0.2, -0.15) is 5.26 Å². The summed E-state index contributed by atoms with van der Waals surface area (Å²) in [4.78, 5) is 28.7. The maximum absolute atomic E-state index is 12.1. The monoisotopic (exact) mass is 461 g/mol. The lowest BCUT2D eigenvalue weighted by atomic mass is 9.75. The summed E-state index contributed by atoms with van der Waals surface area (Å²) in [5.41, 5.74) is 2.31. The number of esters is 1. The molecule has 0 aliphatic carbocycles. The van der Waals surface area contributed by atoms with E-state index in [0.717, 1.165) is 10.1 Å². The molecule has 0 aliphatic heterocycles. The number of ether oxygens (including phenoxy) is 2. The average Bonchev–Trinajstić information content (AvgIpc) is 3.46. The molecule has 1 unspecified atom stereocenters. The molecule has 0 aliphatic rings. The maximum Gasteiger partial charge on any atom is 0.416 e. The normalized spacial score (nSPS) is 12.9.